The molecule has 0 nitrogen and oxygen atoms in total. The van der Waals surface area contributed by atoms with Crippen LogP contribution in [0.2, 0.25) is 5.02 Å². The van der Waals surface area contributed by atoms with Crippen LogP contribution in [0.15, 0.2) is 48.5 Å². The molecule has 0 N–H and O–H groups in total. The third-order valence-electron chi connectivity index (χ3n) is 2.88. The van der Waals surface area contributed by atoms with Crippen LogP contribution in [-0.2, 0) is 5.41 Å². The first-order valence-corrected chi connectivity index (χ1v) is 6.22. The molecule has 0 fully saturated rings. The van der Waals surface area contributed by atoms with E-state index in [1.165, 1.54) is 11.1 Å². The molecule has 0 saturated carbocycles. The summed E-state index contributed by atoms with van der Waals surface area (Å²) in [5.74, 6) is 0. The zero-order chi connectivity index (χ0) is 12.5. The van der Waals surface area contributed by atoms with Crippen LogP contribution in [0.25, 0.3) is 11.1 Å². The molecular weight excluding hydrogens is 228 g/mol. The Labute approximate surface area is 108 Å². The van der Waals surface area contributed by atoms with Gasteiger partial charge in [0.1, 0.15) is 0 Å². The number of hydrogen-bond donors (Lipinski definition) is 0. The van der Waals surface area contributed by atoms with Gasteiger partial charge in [-0.05, 0) is 22.6 Å². The van der Waals surface area contributed by atoms with Gasteiger partial charge in [-0.2, -0.15) is 0 Å². The smallest absolute Gasteiger partial charge is 0.0487 e. The lowest BCUT2D eigenvalue weighted by Crippen LogP contribution is -2.12. The van der Waals surface area contributed by atoms with Crippen LogP contribution in [0.3, 0.4) is 0 Å². The van der Waals surface area contributed by atoms with Crippen molar-refractivity contribution in [2.75, 3.05) is 0 Å². The minimum absolute atomic E-state index is 0.0933. The largest absolute Gasteiger partial charge is 0.0837 e. The fourth-order valence-corrected chi connectivity index (χ4v) is 2.33. The van der Waals surface area contributed by atoms with Gasteiger partial charge in [-0.15, -0.1) is 0 Å². The number of halogens is 1. The van der Waals surface area contributed by atoms with Crippen molar-refractivity contribution in [1.29, 1.82) is 0 Å². The maximum Gasteiger partial charge on any atom is 0.0487 e. The molecule has 0 aliphatic carbocycles. The highest BCUT2D eigenvalue weighted by atomic mass is 35.5. The van der Waals surface area contributed by atoms with Crippen LogP contribution in [0.5, 0.6) is 0 Å². The summed E-state index contributed by atoms with van der Waals surface area (Å²) in [6.45, 7) is 6.64. The molecule has 0 radical (unpaired) electrons. The Morgan fingerprint density at radius 3 is 2.06 bits per heavy atom. The van der Waals surface area contributed by atoms with E-state index >= 15 is 0 Å². The fourth-order valence-electron chi connectivity index (χ4n) is 2.05. The predicted octanol–water partition coefficient (Wildman–Crippen LogP) is 5.30. The lowest BCUT2D eigenvalue weighted by Gasteiger charge is -2.24. The Bertz CT molecular complexity index is 507. The summed E-state index contributed by atoms with van der Waals surface area (Å²) in [5.41, 5.74) is 3.72. The van der Waals surface area contributed by atoms with E-state index < -0.39 is 0 Å². The third-order valence-corrected chi connectivity index (χ3v) is 3.20. The van der Waals surface area contributed by atoms with Crippen molar-refractivity contribution >= 4 is 11.6 Å². The van der Waals surface area contributed by atoms with E-state index in [1.807, 2.05) is 30.3 Å². The Balaban J connectivity index is 2.69. The second-order valence-electron chi connectivity index (χ2n) is 5.28. The van der Waals surface area contributed by atoms with E-state index in [4.69, 9.17) is 11.6 Å². The monoisotopic (exact) mass is 244 g/mol. The molecule has 2 aromatic rings. The molecule has 2 rings (SSSR count). The maximum absolute atomic E-state index is 6.37. The quantitative estimate of drug-likeness (QED) is 0.638. The SMILES string of the molecule is CC(C)(C)c1cccc(Cl)c1-c1ccccc1. The average Bonchev–Trinajstić information content (AvgIpc) is 2.28. The first kappa shape index (κ1) is 12.2. The fraction of sp³-hybridized carbons (Fsp3) is 0.250. The molecule has 0 aromatic heterocycles. The second kappa shape index (κ2) is 4.54. The number of rotatable bonds is 1. The van der Waals surface area contributed by atoms with Gasteiger partial charge in [-0.25, -0.2) is 0 Å². The van der Waals surface area contributed by atoms with Crippen LogP contribution in [0.4, 0.5) is 0 Å². The van der Waals surface area contributed by atoms with Gasteiger partial charge in [0.05, 0.1) is 0 Å². The lowest BCUT2D eigenvalue weighted by atomic mass is 9.82. The topological polar surface area (TPSA) is 0 Å². The van der Waals surface area contributed by atoms with Crippen molar-refractivity contribution in [1.82, 2.24) is 0 Å². The summed E-state index contributed by atoms with van der Waals surface area (Å²) in [6, 6.07) is 16.5. The molecule has 0 spiro atoms. The summed E-state index contributed by atoms with van der Waals surface area (Å²) in [5, 5.41) is 0.823. The van der Waals surface area contributed by atoms with Crippen molar-refractivity contribution in [2.24, 2.45) is 0 Å². The Hall–Kier alpha value is -1.27. The average molecular weight is 245 g/mol. The zero-order valence-corrected chi connectivity index (χ0v) is 11.3. The van der Waals surface area contributed by atoms with Gasteiger partial charge in [0.25, 0.3) is 0 Å². The third kappa shape index (κ3) is 2.53. The molecule has 88 valence electrons. The summed E-state index contributed by atoms with van der Waals surface area (Å²) in [6.07, 6.45) is 0. The highest BCUT2D eigenvalue weighted by Gasteiger charge is 2.20. The summed E-state index contributed by atoms with van der Waals surface area (Å²) in [7, 11) is 0. The molecule has 0 unspecified atom stereocenters. The normalized spacial score (nSPS) is 11.5. The van der Waals surface area contributed by atoms with Gasteiger partial charge in [-0.3, -0.25) is 0 Å². The molecule has 0 atom stereocenters. The molecule has 0 amide bonds. The van der Waals surface area contributed by atoms with Gasteiger partial charge in [0.15, 0.2) is 0 Å². The van der Waals surface area contributed by atoms with Crippen molar-refractivity contribution in [2.45, 2.75) is 26.2 Å². The highest BCUT2D eigenvalue weighted by Crippen LogP contribution is 2.37. The van der Waals surface area contributed by atoms with Crippen LogP contribution >= 0.6 is 11.6 Å². The lowest BCUT2D eigenvalue weighted by molar-refractivity contribution is 0.592. The van der Waals surface area contributed by atoms with E-state index in [-0.39, 0.29) is 5.41 Å². The van der Waals surface area contributed by atoms with Crippen LogP contribution in [-0.4, -0.2) is 0 Å². The van der Waals surface area contributed by atoms with Crippen molar-refractivity contribution in [3.8, 4) is 11.1 Å². The van der Waals surface area contributed by atoms with Crippen LogP contribution in [0.1, 0.15) is 26.3 Å². The molecule has 0 saturated heterocycles. The molecule has 1 heteroatoms. The van der Waals surface area contributed by atoms with Gasteiger partial charge < -0.3 is 0 Å². The molecule has 0 aliphatic heterocycles. The maximum atomic E-state index is 6.37. The molecule has 0 heterocycles. The molecule has 2 aromatic carbocycles. The minimum Gasteiger partial charge on any atom is -0.0837 e. The predicted molar refractivity (Wildman–Crippen MR) is 75.6 cm³/mol. The van der Waals surface area contributed by atoms with Crippen molar-refractivity contribution < 1.29 is 0 Å². The van der Waals surface area contributed by atoms with E-state index in [2.05, 4.69) is 39.0 Å². The molecule has 0 aliphatic rings. The van der Waals surface area contributed by atoms with Crippen LogP contribution < -0.4 is 0 Å². The Morgan fingerprint density at radius 1 is 0.824 bits per heavy atom. The minimum atomic E-state index is 0.0933. The molecular formula is C16H17Cl. The van der Waals surface area contributed by atoms with Crippen molar-refractivity contribution in [3.05, 3.63) is 59.1 Å². The van der Waals surface area contributed by atoms with Gasteiger partial charge in [0.2, 0.25) is 0 Å². The van der Waals surface area contributed by atoms with Gasteiger partial charge in [-0.1, -0.05) is 74.8 Å². The summed E-state index contributed by atoms with van der Waals surface area (Å²) >= 11 is 6.37. The van der Waals surface area contributed by atoms with Gasteiger partial charge >= 0.3 is 0 Å². The van der Waals surface area contributed by atoms with Crippen LogP contribution in [0, 0.1) is 0 Å². The zero-order valence-electron chi connectivity index (χ0n) is 10.5. The van der Waals surface area contributed by atoms with E-state index in [9.17, 15) is 0 Å². The van der Waals surface area contributed by atoms with E-state index in [1.54, 1.807) is 0 Å². The standard InChI is InChI=1S/C16H17Cl/c1-16(2,3)13-10-7-11-14(17)15(13)12-8-5-4-6-9-12/h4-11H,1-3H3. The number of benzene rings is 2. The van der Waals surface area contributed by atoms with Crippen molar-refractivity contribution in [3.63, 3.8) is 0 Å². The molecule has 0 bridgehead atoms. The van der Waals surface area contributed by atoms with E-state index in [0.717, 1.165) is 10.6 Å². The highest BCUT2D eigenvalue weighted by molar-refractivity contribution is 6.33. The Morgan fingerprint density at radius 2 is 1.47 bits per heavy atom. The first-order valence-electron chi connectivity index (χ1n) is 5.84. The second-order valence-corrected chi connectivity index (χ2v) is 5.69. The number of hydrogen-bond acceptors (Lipinski definition) is 0. The first-order chi connectivity index (χ1) is 8.00. The summed E-state index contributed by atoms with van der Waals surface area (Å²) < 4.78 is 0. The van der Waals surface area contributed by atoms with E-state index in [0.29, 0.717) is 0 Å². The molecule has 17 heavy (non-hydrogen) atoms. The Kier molecular flexibility index (Phi) is 3.26. The van der Waals surface area contributed by atoms with Gasteiger partial charge in [0, 0.05) is 10.6 Å². The summed E-state index contributed by atoms with van der Waals surface area (Å²) in [4.78, 5) is 0.